The van der Waals surface area contributed by atoms with Gasteiger partial charge in [-0.2, -0.15) is 0 Å². The van der Waals surface area contributed by atoms with Crippen molar-refractivity contribution in [1.82, 2.24) is 15.5 Å². The van der Waals surface area contributed by atoms with Crippen molar-refractivity contribution in [2.75, 3.05) is 26.7 Å². The number of urea groups is 1. The Balaban J connectivity index is 1.41. The van der Waals surface area contributed by atoms with E-state index in [1.165, 1.54) is 51.4 Å². The minimum atomic E-state index is -0.953. The molecule has 3 atom stereocenters. The average molecular weight is 504 g/mol. The highest BCUT2D eigenvalue weighted by Crippen LogP contribution is 2.42. The highest BCUT2D eigenvalue weighted by atomic mass is 35.5. The predicted octanol–water partition coefficient (Wildman–Crippen LogP) is 6.09. The van der Waals surface area contributed by atoms with Gasteiger partial charge < -0.3 is 20.6 Å². The molecule has 1 heterocycles. The van der Waals surface area contributed by atoms with E-state index in [9.17, 15) is 9.90 Å². The molecule has 6 heteroatoms. The minimum Gasteiger partial charge on any atom is -0.385 e. The maximum absolute atomic E-state index is 13.4. The van der Waals surface area contributed by atoms with Gasteiger partial charge in [-0.05, 0) is 68.7 Å². The van der Waals surface area contributed by atoms with Crippen LogP contribution in [0.25, 0.3) is 0 Å². The van der Waals surface area contributed by atoms with Gasteiger partial charge in [0.2, 0.25) is 0 Å². The number of benzene rings is 1. The number of nitrogens with zero attached hydrogens (tertiary/aromatic N) is 1. The molecule has 0 bridgehead atoms. The Hall–Kier alpha value is -1.30. The second kappa shape index (κ2) is 12.8. The maximum Gasteiger partial charge on any atom is 0.317 e. The summed E-state index contributed by atoms with van der Waals surface area (Å²) in [7, 11) is 1.96. The third-order valence-electron chi connectivity index (χ3n) is 8.70. The largest absolute Gasteiger partial charge is 0.385 e. The zero-order valence-electron chi connectivity index (χ0n) is 21.6. The van der Waals surface area contributed by atoms with Crippen LogP contribution in [-0.2, 0) is 5.60 Å². The first kappa shape index (κ1) is 26.8. The molecule has 1 aliphatic heterocycles. The van der Waals surface area contributed by atoms with Crippen molar-refractivity contribution in [3.63, 3.8) is 0 Å². The summed E-state index contributed by atoms with van der Waals surface area (Å²) in [5.41, 5.74) is -0.0519. The fourth-order valence-electron chi connectivity index (χ4n) is 6.49. The fraction of sp³-hybridized carbons (Fsp3) is 0.759. The maximum atomic E-state index is 13.4. The number of hydrogen-bond acceptors (Lipinski definition) is 3. The lowest BCUT2D eigenvalue weighted by atomic mass is 9.74. The number of halogens is 1. The molecule has 1 unspecified atom stereocenters. The van der Waals surface area contributed by atoms with E-state index in [0.29, 0.717) is 11.6 Å². The van der Waals surface area contributed by atoms with Crippen molar-refractivity contribution in [1.29, 1.82) is 0 Å². The first-order valence-corrected chi connectivity index (χ1v) is 14.5. The lowest BCUT2D eigenvalue weighted by Crippen LogP contribution is -2.54. The van der Waals surface area contributed by atoms with Gasteiger partial charge in [0.1, 0.15) is 0 Å². The zero-order chi connectivity index (χ0) is 24.7. The number of carbonyl (C=O) groups is 1. The lowest BCUT2D eigenvalue weighted by molar-refractivity contribution is -0.0559. The Morgan fingerprint density at radius 2 is 1.94 bits per heavy atom. The van der Waals surface area contributed by atoms with Crippen molar-refractivity contribution < 1.29 is 9.90 Å². The molecule has 5 nitrogen and oxygen atoms in total. The first-order valence-electron chi connectivity index (χ1n) is 14.2. The van der Waals surface area contributed by atoms with Crippen molar-refractivity contribution in [2.45, 2.75) is 95.1 Å². The summed E-state index contributed by atoms with van der Waals surface area (Å²) in [6.07, 6.45) is 15.1. The molecule has 2 saturated carbocycles. The van der Waals surface area contributed by atoms with Gasteiger partial charge in [-0.15, -0.1) is 0 Å². The van der Waals surface area contributed by atoms with E-state index < -0.39 is 5.60 Å². The Morgan fingerprint density at radius 3 is 2.66 bits per heavy atom. The Bertz CT molecular complexity index is 811. The van der Waals surface area contributed by atoms with Crippen LogP contribution in [0.1, 0.15) is 89.0 Å². The zero-order valence-corrected chi connectivity index (χ0v) is 22.4. The molecule has 1 saturated heterocycles. The molecular weight excluding hydrogens is 458 g/mol. The van der Waals surface area contributed by atoms with E-state index in [2.05, 4.69) is 10.6 Å². The standard InChI is InChI=1S/C29H46ClN3O2/c1-31-20-27(18-23-8-3-2-4-9-23)32-28(34)33-17-7-12-25(21-33)29(35,16-6-10-22-14-15-22)24-11-5-13-26(30)19-24/h5,11,13,19,22-23,25,27,31,35H,2-4,6-10,12,14-18,20-21H2,1H3,(H,32,34)/t25-,27?,29-/m1/s1. The fourth-order valence-corrected chi connectivity index (χ4v) is 6.68. The number of likely N-dealkylation sites (N-methyl/N-ethyl adjacent to an activating group) is 1. The monoisotopic (exact) mass is 503 g/mol. The van der Waals surface area contributed by atoms with Gasteiger partial charge >= 0.3 is 6.03 Å². The van der Waals surface area contributed by atoms with Gasteiger partial charge in [0.25, 0.3) is 0 Å². The highest BCUT2D eigenvalue weighted by molar-refractivity contribution is 6.30. The predicted molar refractivity (Wildman–Crippen MR) is 144 cm³/mol. The molecule has 2 aliphatic carbocycles. The molecule has 1 aromatic rings. The van der Waals surface area contributed by atoms with Crippen molar-refractivity contribution in [2.24, 2.45) is 17.8 Å². The van der Waals surface area contributed by atoms with E-state index >= 15 is 0 Å². The molecule has 1 aromatic carbocycles. The van der Waals surface area contributed by atoms with Gasteiger partial charge in [0.15, 0.2) is 0 Å². The van der Waals surface area contributed by atoms with Crippen molar-refractivity contribution in [3.8, 4) is 0 Å². The summed E-state index contributed by atoms with van der Waals surface area (Å²) in [5.74, 6) is 1.58. The van der Waals surface area contributed by atoms with Crippen LogP contribution in [-0.4, -0.2) is 48.8 Å². The number of carbonyl (C=O) groups excluding carboxylic acids is 1. The molecule has 0 spiro atoms. The summed E-state index contributed by atoms with van der Waals surface area (Å²) < 4.78 is 0. The van der Waals surface area contributed by atoms with Crippen LogP contribution in [0.5, 0.6) is 0 Å². The Morgan fingerprint density at radius 1 is 1.14 bits per heavy atom. The number of amides is 2. The van der Waals surface area contributed by atoms with E-state index in [-0.39, 0.29) is 18.0 Å². The second-order valence-corrected chi connectivity index (χ2v) is 11.9. The Labute approximate surface area is 217 Å². The second-order valence-electron chi connectivity index (χ2n) is 11.5. The normalized spacial score (nSPS) is 24.1. The van der Waals surface area contributed by atoms with Crippen molar-refractivity contribution >= 4 is 17.6 Å². The quantitative estimate of drug-likeness (QED) is 0.342. The third kappa shape index (κ3) is 7.60. The molecule has 4 rings (SSSR count). The summed E-state index contributed by atoms with van der Waals surface area (Å²) in [5, 5.41) is 19.4. The van der Waals surface area contributed by atoms with E-state index in [1.54, 1.807) is 0 Å². The molecule has 0 radical (unpaired) electrons. The number of nitrogens with one attached hydrogen (secondary N) is 2. The summed E-state index contributed by atoms with van der Waals surface area (Å²) >= 11 is 6.34. The minimum absolute atomic E-state index is 0.0146. The number of likely N-dealkylation sites (tertiary alicyclic amines) is 1. The van der Waals surface area contributed by atoms with Gasteiger partial charge in [0, 0.05) is 36.6 Å². The number of rotatable bonds is 11. The molecule has 2 amide bonds. The number of aliphatic hydroxyl groups is 1. The molecule has 3 fully saturated rings. The van der Waals surface area contributed by atoms with Crippen LogP contribution in [0.15, 0.2) is 24.3 Å². The summed E-state index contributed by atoms with van der Waals surface area (Å²) in [6.45, 7) is 2.15. The lowest BCUT2D eigenvalue weighted by Gasteiger charge is -2.43. The molecule has 196 valence electrons. The smallest absolute Gasteiger partial charge is 0.317 e. The first-order chi connectivity index (χ1) is 17.0. The van der Waals surface area contributed by atoms with Gasteiger partial charge in [-0.25, -0.2) is 4.79 Å². The van der Waals surface area contributed by atoms with E-state index in [1.807, 2.05) is 36.2 Å². The molecule has 35 heavy (non-hydrogen) atoms. The van der Waals surface area contributed by atoms with Crippen LogP contribution in [0.3, 0.4) is 0 Å². The highest BCUT2D eigenvalue weighted by Gasteiger charge is 2.41. The van der Waals surface area contributed by atoms with Gasteiger partial charge in [-0.1, -0.05) is 75.1 Å². The van der Waals surface area contributed by atoms with Crippen molar-refractivity contribution in [3.05, 3.63) is 34.9 Å². The van der Waals surface area contributed by atoms with Crippen LogP contribution in [0.4, 0.5) is 4.79 Å². The van der Waals surface area contributed by atoms with Gasteiger partial charge in [0.05, 0.1) is 5.60 Å². The SMILES string of the molecule is CNCC(CC1CCCCC1)NC(=O)N1CCC[C@@H]([C@@](O)(CCCC2CC2)c2cccc(Cl)c2)C1. The molecule has 0 aromatic heterocycles. The Kier molecular flexibility index (Phi) is 9.77. The molecule has 3 N–H and O–H groups in total. The van der Waals surface area contributed by atoms with Crippen LogP contribution < -0.4 is 10.6 Å². The molecular formula is C29H46ClN3O2. The number of piperidine rings is 1. The summed E-state index contributed by atoms with van der Waals surface area (Å²) in [6, 6.07) is 7.91. The topological polar surface area (TPSA) is 64.6 Å². The summed E-state index contributed by atoms with van der Waals surface area (Å²) in [4.78, 5) is 15.3. The average Bonchev–Trinajstić information content (AvgIpc) is 3.69. The van der Waals surface area contributed by atoms with Crippen LogP contribution >= 0.6 is 11.6 Å². The van der Waals surface area contributed by atoms with Crippen LogP contribution in [0, 0.1) is 17.8 Å². The molecule has 3 aliphatic rings. The van der Waals surface area contributed by atoms with E-state index in [0.717, 1.165) is 62.6 Å². The third-order valence-corrected chi connectivity index (χ3v) is 8.93. The van der Waals surface area contributed by atoms with E-state index in [4.69, 9.17) is 11.6 Å². The van der Waals surface area contributed by atoms with Crippen LogP contribution in [0.2, 0.25) is 5.02 Å². The number of hydrogen-bond donors (Lipinski definition) is 3. The van der Waals surface area contributed by atoms with Gasteiger partial charge in [-0.3, -0.25) is 0 Å².